The second-order valence-corrected chi connectivity index (χ2v) is 3.74. The van der Waals surface area contributed by atoms with Gasteiger partial charge in [-0.15, -0.1) is 0 Å². The second-order valence-electron chi connectivity index (χ2n) is 3.30. The minimum atomic E-state index is 0.415. The monoisotopic (exact) mass is 196 g/mol. The van der Waals surface area contributed by atoms with Crippen LogP contribution < -0.4 is 10.6 Å². The third-order valence-corrected chi connectivity index (χ3v) is 2.46. The van der Waals surface area contributed by atoms with E-state index in [9.17, 15) is 0 Å². The molecule has 0 aromatic heterocycles. The van der Waals surface area contributed by atoms with Crippen LogP contribution in [-0.2, 0) is 0 Å². The quantitative estimate of drug-likeness (QED) is 0.760. The molecule has 2 N–H and O–H groups in total. The van der Waals surface area contributed by atoms with E-state index in [-0.39, 0.29) is 0 Å². The number of benzene rings is 1. The zero-order valence-electron chi connectivity index (χ0n) is 7.39. The highest BCUT2D eigenvalue weighted by Crippen LogP contribution is 2.17. The first-order valence-electron chi connectivity index (χ1n) is 4.60. The smallest absolute Gasteiger partial charge is 0.0768 e. The van der Waals surface area contributed by atoms with Crippen LogP contribution in [-0.4, -0.2) is 12.7 Å². The van der Waals surface area contributed by atoms with Crippen molar-refractivity contribution in [2.75, 3.05) is 11.9 Å². The summed E-state index contributed by atoms with van der Waals surface area (Å²) in [4.78, 5) is 0. The van der Waals surface area contributed by atoms with Crippen LogP contribution >= 0.6 is 11.6 Å². The third-order valence-electron chi connectivity index (χ3n) is 2.23. The van der Waals surface area contributed by atoms with Crippen LogP contribution in [0.15, 0.2) is 24.3 Å². The average molecular weight is 197 g/mol. The number of hydrogen-bond donors (Lipinski definition) is 2. The van der Waals surface area contributed by atoms with Crippen LogP contribution in [0.25, 0.3) is 0 Å². The van der Waals surface area contributed by atoms with Crippen molar-refractivity contribution in [1.82, 2.24) is 5.32 Å². The van der Waals surface area contributed by atoms with Crippen LogP contribution in [0.1, 0.15) is 12.8 Å². The van der Waals surface area contributed by atoms with Gasteiger partial charge in [0.25, 0.3) is 0 Å². The van der Waals surface area contributed by atoms with Crippen LogP contribution in [0.3, 0.4) is 0 Å². The van der Waals surface area contributed by atoms with Gasteiger partial charge in [-0.1, -0.05) is 17.7 Å². The Balaban J connectivity index is 2.00. The molecule has 0 amide bonds. The minimum absolute atomic E-state index is 0.415. The number of halogens is 1. The highest BCUT2D eigenvalue weighted by atomic mass is 35.5. The Kier molecular flexibility index (Phi) is 2.71. The molecule has 70 valence electrons. The molecule has 1 aliphatic heterocycles. The molecule has 1 fully saturated rings. The molecule has 0 saturated carbocycles. The third kappa shape index (κ3) is 2.36. The zero-order chi connectivity index (χ0) is 9.10. The minimum Gasteiger partial charge on any atom is -0.370 e. The first kappa shape index (κ1) is 8.85. The molecule has 1 aromatic rings. The van der Waals surface area contributed by atoms with E-state index >= 15 is 0 Å². The van der Waals surface area contributed by atoms with Crippen molar-refractivity contribution in [2.24, 2.45) is 0 Å². The molecule has 0 aliphatic carbocycles. The van der Waals surface area contributed by atoms with Gasteiger partial charge in [-0.2, -0.15) is 0 Å². The molecule has 1 unspecified atom stereocenters. The van der Waals surface area contributed by atoms with Crippen LogP contribution in [0.5, 0.6) is 0 Å². The summed E-state index contributed by atoms with van der Waals surface area (Å²) < 4.78 is 0. The van der Waals surface area contributed by atoms with Gasteiger partial charge >= 0.3 is 0 Å². The number of rotatable bonds is 2. The normalized spacial score (nSPS) is 21.8. The summed E-state index contributed by atoms with van der Waals surface area (Å²) in [6.45, 7) is 1.11. The predicted molar refractivity (Wildman–Crippen MR) is 56.1 cm³/mol. The van der Waals surface area contributed by atoms with Crippen LogP contribution in [0.2, 0.25) is 5.02 Å². The lowest BCUT2D eigenvalue weighted by Crippen LogP contribution is -2.29. The lowest BCUT2D eigenvalue weighted by atomic mass is 10.3. The summed E-state index contributed by atoms with van der Waals surface area (Å²) in [5.41, 5.74) is 1.09. The SMILES string of the molecule is Clc1cccc(NC2CCCN2)c1. The van der Waals surface area contributed by atoms with Crippen LogP contribution in [0.4, 0.5) is 5.69 Å². The molecule has 1 heterocycles. The van der Waals surface area contributed by atoms with E-state index in [4.69, 9.17) is 11.6 Å². The van der Waals surface area contributed by atoms with Gasteiger partial charge < -0.3 is 5.32 Å². The van der Waals surface area contributed by atoms with Crippen molar-refractivity contribution in [3.8, 4) is 0 Å². The molecule has 2 nitrogen and oxygen atoms in total. The van der Waals surface area contributed by atoms with Crippen molar-refractivity contribution in [2.45, 2.75) is 19.0 Å². The van der Waals surface area contributed by atoms with E-state index < -0.39 is 0 Å². The lowest BCUT2D eigenvalue weighted by molar-refractivity contribution is 0.679. The molecule has 1 aliphatic rings. The second kappa shape index (κ2) is 3.99. The molecular formula is C10H13ClN2. The molecule has 0 radical (unpaired) electrons. The summed E-state index contributed by atoms with van der Waals surface area (Å²) in [5.74, 6) is 0. The van der Waals surface area contributed by atoms with Gasteiger partial charge in [0, 0.05) is 10.7 Å². The number of nitrogens with one attached hydrogen (secondary N) is 2. The van der Waals surface area contributed by atoms with Crippen molar-refractivity contribution in [3.63, 3.8) is 0 Å². The molecule has 13 heavy (non-hydrogen) atoms. The van der Waals surface area contributed by atoms with Crippen molar-refractivity contribution < 1.29 is 0 Å². The topological polar surface area (TPSA) is 24.1 Å². The maximum atomic E-state index is 5.87. The molecule has 1 atom stereocenters. The van der Waals surface area contributed by atoms with E-state index in [2.05, 4.69) is 10.6 Å². The fourth-order valence-electron chi connectivity index (χ4n) is 1.59. The van der Waals surface area contributed by atoms with Gasteiger partial charge in [0.1, 0.15) is 0 Å². The first-order valence-corrected chi connectivity index (χ1v) is 4.98. The van der Waals surface area contributed by atoms with Crippen LogP contribution in [0, 0.1) is 0 Å². The highest BCUT2D eigenvalue weighted by molar-refractivity contribution is 6.30. The Hall–Kier alpha value is -0.730. The van der Waals surface area contributed by atoms with E-state index in [1.165, 1.54) is 12.8 Å². The Morgan fingerprint density at radius 2 is 2.38 bits per heavy atom. The van der Waals surface area contributed by atoms with Crippen molar-refractivity contribution in [3.05, 3.63) is 29.3 Å². The lowest BCUT2D eigenvalue weighted by Gasteiger charge is -2.13. The zero-order valence-corrected chi connectivity index (χ0v) is 8.14. The summed E-state index contributed by atoms with van der Waals surface area (Å²) >= 11 is 5.87. The Morgan fingerprint density at radius 3 is 3.08 bits per heavy atom. The van der Waals surface area contributed by atoms with E-state index in [0.29, 0.717) is 6.17 Å². The molecule has 1 saturated heterocycles. The van der Waals surface area contributed by atoms with E-state index in [0.717, 1.165) is 17.3 Å². The van der Waals surface area contributed by atoms with E-state index in [1.54, 1.807) is 0 Å². The number of anilines is 1. The molecular weight excluding hydrogens is 184 g/mol. The molecule has 0 spiro atoms. The summed E-state index contributed by atoms with van der Waals surface area (Å²) in [6.07, 6.45) is 2.85. The summed E-state index contributed by atoms with van der Waals surface area (Å²) in [5, 5.41) is 7.54. The van der Waals surface area contributed by atoms with Crippen molar-refractivity contribution >= 4 is 17.3 Å². The standard InChI is InChI=1S/C10H13ClN2/c11-8-3-1-4-9(7-8)13-10-5-2-6-12-10/h1,3-4,7,10,12-13H,2,5-6H2. The van der Waals surface area contributed by atoms with Gasteiger partial charge in [0.05, 0.1) is 6.17 Å². The predicted octanol–water partition coefficient (Wildman–Crippen LogP) is 2.46. The fourth-order valence-corrected chi connectivity index (χ4v) is 1.78. The maximum Gasteiger partial charge on any atom is 0.0768 e. The van der Waals surface area contributed by atoms with Gasteiger partial charge in [-0.25, -0.2) is 0 Å². The average Bonchev–Trinajstić information content (AvgIpc) is 2.57. The van der Waals surface area contributed by atoms with Crippen molar-refractivity contribution in [1.29, 1.82) is 0 Å². The molecule has 3 heteroatoms. The van der Waals surface area contributed by atoms with Gasteiger partial charge in [0.15, 0.2) is 0 Å². The first-order chi connectivity index (χ1) is 6.34. The Bertz CT molecular complexity index is 282. The van der Waals surface area contributed by atoms with Gasteiger partial charge in [-0.05, 0) is 37.6 Å². The summed E-state index contributed by atoms with van der Waals surface area (Å²) in [6, 6.07) is 7.82. The van der Waals surface area contributed by atoms with E-state index in [1.807, 2.05) is 24.3 Å². The molecule has 0 bridgehead atoms. The summed E-state index contributed by atoms with van der Waals surface area (Å²) in [7, 11) is 0. The number of hydrogen-bond acceptors (Lipinski definition) is 2. The Morgan fingerprint density at radius 1 is 1.46 bits per heavy atom. The molecule has 2 rings (SSSR count). The molecule has 1 aromatic carbocycles. The maximum absolute atomic E-state index is 5.87. The van der Waals surface area contributed by atoms with Gasteiger partial charge in [-0.3, -0.25) is 5.32 Å². The van der Waals surface area contributed by atoms with Gasteiger partial charge in [0.2, 0.25) is 0 Å². The highest BCUT2D eigenvalue weighted by Gasteiger charge is 2.12. The fraction of sp³-hybridized carbons (Fsp3) is 0.400. The Labute approximate surface area is 83.3 Å². The largest absolute Gasteiger partial charge is 0.370 e.